The number of rotatable bonds is 3. The minimum Gasteiger partial charge on any atom is -0.329 e. The molecule has 0 aromatic rings. The quantitative estimate of drug-likeness (QED) is 0.645. The van der Waals surface area contributed by atoms with Gasteiger partial charge in [0.15, 0.2) is 9.84 Å². The fourth-order valence-electron chi connectivity index (χ4n) is 0.739. The number of carbonyl (C=O) groups is 1. The molecule has 72 valence electrons. The van der Waals surface area contributed by atoms with Gasteiger partial charge in [0, 0.05) is 19.7 Å². The zero-order valence-corrected chi connectivity index (χ0v) is 8.68. The number of amides is 1. The fraction of sp³-hybridized carbons (Fsp3) is 0.857. The van der Waals surface area contributed by atoms with Crippen molar-refractivity contribution in [3.63, 3.8) is 0 Å². The highest BCUT2D eigenvalue weighted by molar-refractivity contribution is 7.91. The van der Waals surface area contributed by atoms with Crippen LogP contribution in [0.3, 0.4) is 0 Å². The lowest BCUT2D eigenvalue weighted by molar-refractivity contribution is -0.130. The normalized spacial score (nSPS) is 14.0. The molecule has 1 amide bonds. The zero-order chi connectivity index (χ0) is 9.94. The summed E-state index contributed by atoms with van der Waals surface area (Å²) < 4.78 is 22.0. The smallest absolute Gasteiger partial charge is 0.223 e. The van der Waals surface area contributed by atoms with Gasteiger partial charge in [-0.3, -0.25) is 4.79 Å². The van der Waals surface area contributed by atoms with Crippen molar-refractivity contribution in [1.82, 2.24) is 4.90 Å². The minimum absolute atomic E-state index is 0.159. The third-order valence-electron chi connectivity index (χ3n) is 1.86. The minimum atomic E-state index is -3.15. The molecule has 0 saturated heterocycles. The van der Waals surface area contributed by atoms with E-state index in [0.29, 0.717) is 6.42 Å². The van der Waals surface area contributed by atoms with Crippen LogP contribution in [-0.4, -0.2) is 37.9 Å². The van der Waals surface area contributed by atoms with Gasteiger partial charge in [-0.15, -0.1) is 0 Å². The van der Waals surface area contributed by atoms with E-state index in [1.807, 2.05) is 0 Å². The molecule has 0 saturated carbocycles. The highest BCUT2D eigenvalue weighted by Gasteiger charge is 2.22. The molecule has 0 radical (unpaired) electrons. The molecule has 0 aromatic carbocycles. The van der Waals surface area contributed by atoms with Gasteiger partial charge in [-0.2, -0.15) is 0 Å². The molecule has 5 heteroatoms. The number of nitrogens with zero attached hydrogens (tertiary/aromatic N) is 1. The van der Waals surface area contributed by atoms with Gasteiger partial charge in [0.2, 0.25) is 5.91 Å². The van der Waals surface area contributed by atoms with Gasteiger partial charge < -0.3 is 4.90 Å². The monoisotopic (exact) mass is 193 g/mol. The van der Waals surface area contributed by atoms with E-state index in [0.717, 1.165) is 6.26 Å². The molecule has 0 rings (SSSR count). The van der Waals surface area contributed by atoms with Gasteiger partial charge in [-0.05, 0) is 6.92 Å². The fourth-order valence-corrected chi connectivity index (χ4v) is 1.43. The van der Waals surface area contributed by atoms with E-state index in [2.05, 4.69) is 0 Å². The van der Waals surface area contributed by atoms with E-state index >= 15 is 0 Å². The molecule has 0 spiro atoms. The Labute approximate surface area is 73.5 Å². The van der Waals surface area contributed by atoms with Crippen LogP contribution >= 0.6 is 0 Å². The maximum absolute atomic E-state index is 11.1. The van der Waals surface area contributed by atoms with Crippen LogP contribution < -0.4 is 0 Å². The van der Waals surface area contributed by atoms with E-state index in [-0.39, 0.29) is 5.91 Å². The maximum atomic E-state index is 11.1. The second-order valence-electron chi connectivity index (χ2n) is 2.79. The highest BCUT2D eigenvalue weighted by Crippen LogP contribution is 2.04. The molecule has 0 fully saturated rings. The van der Waals surface area contributed by atoms with Crippen LogP contribution in [-0.2, 0) is 14.6 Å². The summed E-state index contributed by atoms with van der Waals surface area (Å²) in [6, 6.07) is 0. The standard InChI is InChI=1S/C7H15NO3S/c1-5-7(9)8(3)6(2)12(4,10)11/h6H,5H2,1-4H3. The van der Waals surface area contributed by atoms with Crippen LogP contribution in [0.5, 0.6) is 0 Å². The van der Waals surface area contributed by atoms with Crippen LogP contribution in [0.1, 0.15) is 20.3 Å². The summed E-state index contributed by atoms with van der Waals surface area (Å²) in [6.07, 6.45) is 1.45. The Bertz CT molecular complexity index is 258. The van der Waals surface area contributed by atoms with Gasteiger partial charge >= 0.3 is 0 Å². The third-order valence-corrected chi connectivity index (χ3v) is 3.42. The Kier molecular flexibility index (Phi) is 3.70. The van der Waals surface area contributed by atoms with Crippen LogP contribution in [0.25, 0.3) is 0 Å². The second kappa shape index (κ2) is 3.89. The number of hydrogen-bond donors (Lipinski definition) is 0. The Balaban J connectivity index is 4.51. The molecule has 0 bridgehead atoms. The lowest BCUT2D eigenvalue weighted by Crippen LogP contribution is -2.39. The lowest BCUT2D eigenvalue weighted by Gasteiger charge is -2.22. The molecule has 4 nitrogen and oxygen atoms in total. The Morgan fingerprint density at radius 1 is 1.50 bits per heavy atom. The highest BCUT2D eigenvalue weighted by atomic mass is 32.2. The Morgan fingerprint density at radius 3 is 2.17 bits per heavy atom. The first-order valence-corrected chi connectivity index (χ1v) is 5.70. The third kappa shape index (κ3) is 2.81. The van der Waals surface area contributed by atoms with Crippen molar-refractivity contribution in [1.29, 1.82) is 0 Å². The van der Waals surface area contributed by atoms with Crippen LogP contribution in [0.15, 0.2) is 0 Å². The van der Waals surface area contributed by atoms with Crippen molar-refractivity contribution in [3.8, 4) is 0 Å². The maximum Gasteiger partial charge on any atom is 0.223 e. The number of hydrogen-bond acceptors (Lipinski definition) is 3. The van der Waals surface area contributed by atoms with Gasteiger partial charge in [0.05, 0.1) is 0 Å². The van der Waals surface area contributed by atoms with Crippen molar-refractivity contribution >= 4 is 15.7 Å². The molecule has 0 aliphatic rings. The van der Waals surface area contributed by atoms with Crippen molar-refractivity contribution in [2.45, 2.75) is 25.6 Å². The van der Waals surface area contributed by atoms with Gasteiger partial charge in [0.25, 0.3) is 0 Å². The molecule has 0 heterocycles. The van der Waals surface area contributed by atoms with Crippen LogP contribution in [0, 0.1) is 0 Å². The SMILES string of the molecule is CCC(=O)N(C)C(C)S(C)(=O)=O. The van der Waals surface area contributed by atoms with E-state index in [4.69, 9.17) is 0 Å². The summed E-state index contributed by atoms with van der Waals surface area (Å²) in [6.45, 7) is 3.21. The first-order chi connectivity index (χ1) is 5.30. The van der Waals surface area contributed by atoms with E-state index < -0.39 is 15.2 Å². The van der Waals surface area contributed by atoms with Crippen molar-refractivity contribution in [2.24, 2.45) is 0 Å². The molecule has 0 aliphatic heterocycles. The first-order valence-electron chi connectivity index (χ1n) is 3.75. The van der Waals surface area contributed by atoms with E-state index in [9.17, 15) is 13.2 Å². The molecule has 1 atom stereocenters. The summed E-state index contributed by atoms with van der Waals surface area (Å²) in [7, 11) is -1.65. The zero-order valence-electron chi connectivity index (χ0n) is 7.86. The van der Waals surface area contributed by atoms with Crippen molar-refractivity contribution in [2.75, 3.05) is 13.3 Å². The largest absolute Gasteiger partial charge is 0.329 e. The summed E-state index contributed by atoms with van der Waals surface area (Å²) in [5.74, 6) is -0.159. The lowest BCUT2D eigenvalue weighted by atomic mass is 10.4. The van der Waals surface area contributed by atoms with Crippen molar-refractivity contribution < 1.29 is 13.2 Å². The summed E-state index contributed by atoms with van der Waals surface area (Å²) in [5.41, 5.74) is 0. The second-order valence-corrected chi connectivity index (χ2v) is 5.13. The molecule has 0 N–H and O–H groups in total. The molecule has 1 unspecified atom stereocenters. The van der Waals surface area contributed by atoms with E-state index in [1.54, 1.807) is 6.92 Å². The molecule has 0 aliphatic carbocycles. The predicted molar refractivity (Wildman–Crippen MR) is 47.4 cm³/mol. The Hall–Kier alpha value is -0.580. The van der Waals surface area contributed by atoms with Gasteiger partial charge in [-0.25, -0.2) is 8.42 Å². The average Bonchev–Trinajstić information content (AvgIpc) is 1.98. The van der Waals surface area contributed by atoms with Gasteiger partial charge in [-0.1, -0.05) is 6.92 Å². The number of carbonyl (C=O) groups excluding carboxylic acids is 1. The van der Waals surface area contributed by atoms with Gasteiger partial charge in [0.1, 0.15) is 5.37 Å². The Morgan fingerprint density at radius 2 is 1.92 bits per heavy atom. The molecular formula is C7H15NO3S. The van der Waals surface area contributed by atoms with Crippen molar-refractivity contribution in [3.05, 3.63) is 0 Å². The van der Waals surface area contributed by atoms with Crippen LogP contribution in [0.4, 0.5) is 0 Å². The summed E-state index contributed by atoms with van der Waals surface area (Å²) >= 11 is 0. The average molecular weight is 193 g/mol. The number of sulfone groups is 1. The molecule has 12 heavy (non-hydrogen) atoms. The summed E-state index contributed by atoms with van der Waals surface area (Å²) in [4.78, 5) is 12.3. The predicted octanol–water partition coefficient (Wildman–Crippen LogP) is 0.245. The molecule has 0 aromatic heterocycles. The van der Waals surface area contributed by atoms with E-state index in [1.165, 1.54) is 18.9 Å². The first kappa shape index (κ1) is 11.4. The topological polar surface area (TPSA) is 54.5 Å². The molecular weight excluding hydrogens is 178 g/mol. The summed E-state index contributed by atoms with van der Waals surface area (Å²) in [5, 5.41) is -0.732. The van der Waals surface area contributed by atoms with Crippen LogP contribution in [0.2, 0.25) is 0 Å².